The number of hydrogen-bond donors (Lipinski definition) is 0. The Hall–Kier alpha value is -1.41. The number of esters is 4. The molecule has 0 N–H and O–H groups in total. The molecule has 16 heteroatoms. The van der Waals surface area contributed by atoms with E-state index >= 15 is 0 Å². The fourth-order valence-corrected chi connectivity index (χ4v) is 29.2. The van der Waals surface area contributed by atoms with Gasteiger partial charge in [0.2, 0.25) is 0 Å². The maximum atomic E-state index is 11.7. The molecule has 0 aliphatic carbocycles. The number of carbonyl (C=O) groups excluding carboxylic acids is 4. The van der Waals surface area contributed by atoms with Crippen molar-refractivity contribution in [2.24, 2.45) is 0 Å². The second-order valence-electron chi connectivity index (χ2n) is 12.1. The van der Waals surface area contributed by atoms with Crippen molar-refractivity contribution < 1.29 is 54.6 Å². The van der Waals surface area contributed by atoms with Crippen molar-refractivity contribution in [1.82, 2.24) is 0 Å². The van der Waals surface area contributed by atoms with Crippen molar-refractivity contribution in [1.29, 1.82) is 0 Å². The molecule has 0 aromatic heterocycles. The van der Waals surface area contributed by atoms with E-state index in [1.165, 1.54) is 28.4 Å². The Morgan fingerprint density at radius 2 is 0.568 bits per heavy atom. The highest BCUT2D eigenvalue weighted by molar-refractivity contribution is 6.93. The molecule has 0 bridgehead atoms. The van der Waals surface area contributed by atoms with E-state index in [2.05, 4.69) is 26.2 Å². The average Bonchev–Trinajstić information content (AvgIpc) is 2.96. The Labute approximate surface area is 268 Å². The standard InChI is InChI=1S/C28H56O12Si4/c1-33-25(29)17-9-13-21-41(5)37-42(6,22-14-10-18-26(30)34-2)39-44(8,24-16-12-20-28(32)36-4)40-43(7,38-41)23-15-11-19-27(31)35-3/h9-24H2,1-8H3. The summed E-state index contributed by atoms with van der Waals surface area (Å²) in [4.78, 5) is 46.9. The number of hydrogen-bond acceptors (Lipinski definition) is 12. The predicted molar refractivity (Wildman–Crippen MR) is 174 cm³/mol. The summed E-state index contributed by atoms with van der Waals surface area (Å²) in [5, 5.41) is 0. The Balaban J connectivity index is 3.27. The third-order valence-corrected chi connectivity index (χ3v) is 26.5. The molecule has 1 heterocycles. The van der Waals surface area contributed by atoms with Gasteiger partial charge in [-0.2, -0.15) is 0 Å². The van der Waals surface area contributed by atoms with Gasteiger partial charge in [-0.25, -0.2) is 0 Å². The van der Waals surface area contributed by atoms with Crippen LogP contribution in [0, 0.1) is 0 Å². The van der Waals surface area contributed by atoms with Gasteiger partial charge in [-0.3, -0.25) is 19.2 Å². The van der Waals surface area contributed by atoms with Gasteiger partial charge in [-0.1, -0.05) is 25.7 Å². The van der Waals surface area contributed by atoms with Crippen molar-refractivity contribution >= 4 is 58.1 Å². The number of methoxy groups -OCH3 is 4. The van der Waals surface area contributed by atoms with Gasteiger partial charge in [0.15, 0.2) is 0 Å². The van der Waals surface area contributed by atoms with Gasteiger partial charge in [0, 0.05) is 25.7 Å². The van der Waals surface area contributed by atoms with E-state index in [9.17, 15) is 19.2 Å². The van der Waals surface area contributed by atoms with E-state index in [0.29, 0.717) is 75.5 Å². The highest BCUT2D eigenvalue weighted by Gasteiger charge is 2.56. The van der Waals surface area contributed by atoms with Gasteiger partial charge in [0.05, 0.1) is 28.4 Å². The third kappa shape index (κ3) is 16.2. The molecular weight excluding hydrogens is 641 g/mol. The normalized spacial score (nSPS) is 27.1. The molecule has 0 spiro atoms. The number of unbranched alkanes of at least 4 members (excludes halogenated alkanes) is 4. The molecule has 0 aromatic rings. The number of rotatable bonds is 20. The summed E-state index contributed by atoms with van der Waals surface area (Å²) in [6.45, 7) is 8.27. The van der Waals surface area contributed by atoms with Crippen LogP contribution in [0.2, 0.25) is 50.4 Å². The predicted octanol–water partition coefficient (Wildman–Crippen LogP) is 5.73. The van der Waals surface area contributed by atoms with E-state index in [4.69, 9.17) is 35.4 Å². The lowest BCUT2D eigenvalue weighted by atomic mass is 10.2. The minimum atomic E-state index is -2.87. The molecule has 0 unspecified atom stereocenters. The van der Waals surface area contributed by atoms with Gasteiger partial charge >= 0.3 is 58.1 Å². The average molecular weight is 697 g/mol. The van der Waals surface area contributed by atoms with E-state index in [-0.39, 0.29) is 23.9 Å². The molecule has 1 rings (SSSR count). The molecule has 1 fully saturated rings. The minimum Gasteiger partial charge on any atom is -0.469 e. The molecule has 0 saturated carbocycles. The monoisotopic (exact) mass is 696 g/mol. The Morgan fingerprint density at radius 1 is 0.386 bits per heavy atom. The molecular formula is C28H56O12Si4. The first-order valence-corrected chi connectivity index (χ1v) is 25.8. The van der Waals surface area contributed by atoms with Crippen LogP contribution in [0.25, 0.3) is 0 Å². The quantitative estimate of drug-likeness (QED) is 0.0664. The second-order valence-corrected chi connectivity index (χ2v) is 26.4. The van der Waals surface area contributed by atoms with Gasteiger partial charge in [-0.05, 0) is 76.0 Å². The van der Waals surface area contributed by atoms with Crippen LogP contribution in [0.3, 0.4) is 0 Å². The first-order valence-electron chi connectivity index (χ1n) is 15.7. The topological polar surface area (TPSA) is 142 Å². The summed E-state index contributed by atoms with van der Waals surface area (Å²) >= 11 is 0. The largest absolute Gasteiger partial charge is 0.469 e. The molecule has 1 aliphatic heterocycles. The van der Waals surface area contributed by atoms with Crippen LogP contribution in [0.15, 0.2) is 0 Å². The summed E-state index contributed by atoms with van der Waals surface area (Å²) < 4.78 is 47.6. The first-order chi connectivity index (χ1) is 20.6. The summed E-state index contributed by atoms with van der Waals surface area (Å²) in [5.41, 5.74) is 0. The summed E-state index contributed by atoms with van der Waals surface area (Å²) in [7, 11) is -5.93. The number of ether oxygens (including phenoxy) is 4. The van der Waals surface area contributed by atoms with Crippen LogP contribution in [-0.4, -0.2) is 86.6 Å². The molecule has 12 nitrogen and oxygen atoms in total. The van der Waals surface area contributed by atoms with Crippen molar-refractivity contribution in [3.05, 3.63) is 0 Å². The highest BCUT2D eigenvalue weighted by atomic mass is 28.5. The molecule has 0 atom stereocenters. The summed E-state index contributed by atoms with van der Waals surface area (Å²) in [5.74, 6) is -0.976. The zero-order valence-electron chi connectivity index (χ0n) is 28.2. The minimum absolute atomic E-state index is 0.244. The SMILES string of the molecule is COC(=O)CCCC[Si]1(C)O[Si](C)(CCCCC(=O)OC)O[Si](C)(CCCCC(=O)OC)O[Si](C)(CCCCC(=O)OC)O1. The molecule has 0 radical (unpaired) electrons. The molecule has 0 aromatic carbocycles. The maximum Gasteiger partial charge on any atom is 0.317 e. The fraction of sp³-hybridized carbons (Fsp3) is 0.857. The molecule has 1 saturated heterocycles. The summed E-state index contributed by atoms with van der Waals surface area (Å²) in [6.07, 6.45) is 6.89. The first kappa shape index (κ1) is 40.6. The zero-order chi connectivity index (χ0) is 33.3. The molecule has 256 valence electrons. The maximum absolute atomic E-state index is 11.7. The van der Waals surface area contributed by atoms with E-state index in [1.807, 2.05) is 0 Å². The van der Waals surface area contributed by atoms with Gasteiger partial charge < -0.3 is 35.4 Å². The smallest absolute Gasteiger partial charge is 0.317 e. The third-order valence-electron chi connectivity index (χ3n) is 7.69. The lowest BCUT2D eigenvalue weighted by Crippen LogP contribution is -2.67. The second kappa shape index (κ2) is 20.0. The number of carbonyl (C=O) groups is 4. The van der Waals surface area contributed by atoms with E-state index in [0.717, 1.165) is 25.7 Å². The van der Waals surface area contributed by atoms with Crippen LogP contribution in [-0.2, 0) is 54.6 Å². The van der Waals surface area contributed by atoms with E-state index in [1.54, 1.807) is 0 Å². The molecule has 0 amide bonds. The Bertz CT molecular complexity index is 767. The molecule has 44 heavy (non-hydrogen) atoms. The molecule has 1 aliphatic rings. The van der Waals surface area contributed by atoms with Crippen LogP contribution >= 0.6 is 0 Å². The van der Waals surface area contributed by atoms with Crippen molar-refractivity contribution in [3.8, 4) is 0 Å². The summed E-state index contributed by atoms with van der Waals surface area (Å²) in [6, 6.07) is 2.68. The van der Waals surface area contributed by atoms with Gasteiger partial charge in [0.25, 0.3) is 0 Å². The Kier molecular flexibility index (Phi) is 18.4. The van der Waals surface area contributed by atoms with E-state index < -0.39 is 34.2 Å². The van der Waals surface area contributed by atoms with Gasteiger partial charge in [0.1, 0.15) is 0 Å². The van der Waals surface area contributed by atoms with Crippen LogP contribution < -0.4 is 0 Å². The van der Waals surface area contributed by atoms with Crippen LogP contribution in [0.5, 0.6) is 0 Å². The lowest BCUT2D eigenvalue weighted by molar-refractivity contribution is -0.141. The highest BCUT2D eigenvalue weighted by Crippen LogP contribution is 2.39. The van der Waals surface area contributed by atoms with Crippen LogP contribution in [0.1, 0.15) is 77.0 Å². The zero-order valence-corrected chi connectivity index (χ0v) is 32.2. The lowest BCUT2D eigenvalue weighted by Gasteiger charge is -2.50. The van der Waals surface area contributed by atoms with Crippen LogP contribution in [0.4, 0.5) is 0 Å². The Morgan fingerprint density at radius 3 is 0.727 bits per heavy atom. The van der Waals surface area contributed by atoms with Crippen molar-refractivity contribution in [2.75, 3.05) is 28.4 Å². The van der Waals surface area contributed by atoms with Gasteiger partial charge in [-0.15, -0.1) is 0 Å². The van der Waals surface area contributed by atoms with Crippen molar-refractivity contribution in [2.45, 2.75) is 127 Å². The van der Waals surface area contributed by atoms with Crippen molar-refractivity contribution in [3.63, 3.8) is 0 Å². The fourth-order valence-electron chi connectivity index (χ4n) is 5.59.